The lowest BCUT2D eigenvalue weighted by Gasteiger charge is -2.26. The number of carbonyl (C=O) groups is 1. The SMILES string of the molecule is C=COC1CCC(C(C)=O)CC1. The van der Waals surface area contributed by atoms with Crippen LogP contribution >= 0.6 is 0 Å². The van der Waals surface area contributed by atoms with Gasteiger partial charge in [0, 0.05) is 5.92 Å². The van der Waals surface area contributed by atoms with Crippen LogP contribution in [0.4, 0.5) is 0 Å². The van der Waals surface area contributed by atoms with E-state index in [2.05, 4.69) is 6.58 Å². The van der Waals surface area contributed by atoms with E-state index in [4.69, 9.17) is 4.74 Å². The summed E-state index contributed by atoms with van der Waals surface area (Å²) < 4.78 is 5.26. The van der Waals surface area contributed by atoms with Crippen molar-refractivity contribution >= 4 is 5.78 Å². The molecule has 12 heavy (non-hydrogen) atoms. The first-order chi connectivity index (χ1) is 5.74. The molecule has 0 aliphatic heterocycles. The summed E-state index contributed by atoms with van der Waals surface area (Å²) in [6.07, 6.45) is 5.76. The van der Waals surface area contributed by atoms with E-state index >= 15 is 0 Å². The lowest BCUT2D eigenvalue weighted by Crippen LogP contribution is -2.23. The number of hydrogen-bond acceptors (Lipinski definition) is 2. The number of carbonyl (C=O) groups excluding carboxylic acids is 1. The van der Waals surface area contributed by atoms with Crippen LogP contribution in [0.15, 0.2) is 12.8 Å². The third-order valence-electron chi connectivity index (χ3n) is 2.54. The maximum Gasteiger partial charge on any atom is 0.132 e. The van der Waals surface area contributed by atoms with Crippen molar-refractivity contribution in [3.05, 3.63) is 12.8 Å². The van der Waals surface area contributed by atoms with E-state index in [-0.39, 0.29) is 5.92 Å². The molecule has 0 N–H and O–H groups in total. The Labute approximate surface area is 73.6 Å². The molecule has 0 bridgehead atoms. The van der Waals surface area contributed by atoms with Crippen LogP contribution in [0.25, 0.3) is 0 Å². The van der Waals surface area contributed by atoms with Gasteiger partial charge in [0.1, 0.15) is 5.78 Å². The summed E-state index contributed by atoms with van der Waals surface area (Å²) in [4.78, 5) is 11.0. The molecule has 2 heteroatoms. The van der Waals surface area contributed by atoms with Gasteiger partial charge in [0.2, 0.25) is 0 Å². The Balaban J connectivity index is 2.29. The molecule has 2 nitrogen and oxygen atoms in total. The molecule has 1 rings (SSSR count). The predicted molar refractivity (Wildman–Crippen MR) is 47.7 cm³/mol. The van der Waals surface area contributed by atoms with E-state index in [1.165, 1.54) is 6.26 Å². The monoisotopic (exact) mass is 168 g/mol. The summed E-state index contributed by atoms with van der Waals surface area (Å²) in [6, 6.07) is 0. The largest absolute Gasteiger partial charge is 0.499 e. The molecule has 0 radical (unpaired) electrons. The van der Waals surface area contributed by atoms with Crippen LogP contribution in [-0.2, 0) is 9.53 Å². The van der Waals surface area contributed by atoms with Crippen LogP contribution in [-0.4, -0.2) is 11.9 Å². The van der Waals surface area contributed by atoms with Crippen molar-refractivity contribution in [3.63, 3.8) is 0 Å². The standard InChI is InChI=1S/C10H16O2/c1-3-12-10-6-4-9(5-7-10)8(2)11/h3,9-10H,1,4-7H2,2H3. The highest BCUT2D eigenvalue weighted by atomic mass is 16.5. The van der Waals surface area contributed by atoms with Gasteiger partial charge in [-0.1, -0.05) is 6.58 Å². The summed E-state index contributed by atoms with van der Waals surface area (Å²) >= 11 is 0. The van der Waals surface area contributed by atoms with Crippen molar-refractivity contribution < 1.29 is 9.53 Å². The smallest absolute Gasteiger partial charge is 0.132 e. The van der Waals surface area contributed by atoms with E-state index < -0.39 is 0 Å². The molecule has 0 spiro atoms. The fraction of sp³-hybridized carbons (Fsp3) is 0.700. The second-order valence-electron chi connectivity index (χ2n) is 3.39. The normalized spacial score (nSPS) is 29.4. The highest BCUT2D eigenvalue weighted by Crippen LogP contribution is 2.26. The summed E-state index contributed by atoms with van der Waals surface area (Å²) in [7, 11) is 0. The molecule has 1 aliphatic carbocycles. The van der Waals surface area contributed by atoms with Gasteiger partial charge in [0.15, 0.2) is 0 Å². The molecule has 0 heterocycles. The van der Waals surface area contributed by atoms with Gasteiger partial charge >= 0.3 is 0 Å². The number of ketones is 1. The maximum absolute atomic E-state index is 11.0. The zero-order valence-electron chi connectivity index (χ0n) is 7.58. The number of rotatable bonds is 3. The zero-order valence-corrected chi connectivity index (χ0v) is 7.58. The van der Waals surface area contributed by atoms with Crippen LogP contribution in [0.3, 0.4) is 0 Å². The third kappa shape index (κ3) is 2.36. The minimum absolute atomic E-state index is 0.287. The van der Waals surface area contributed by atoms with E-state index in [0.717, 1.165) is 25.7 Å². The Hall–Kier alpha value is -0.790. The minimum Gasteiger partial charge on any atom is -0.499 e. The maximum atomic E-state index is 11.0. The van der Waals surface area contributed by atoms with Crippen LogP contribution in [0.1, 0.15) is 32.6 Å². The van der Waals surface area contributed by atoms with Crippen LogP contribution in [0.2, 0.25) is 0 Å². The number of hydrogen-bond donors (Lipinski definition) is 0. The van der Waals surface area contributed by atoms with Crippen LogP contribution in [0, 0.1) is 5.92 Å². The summed E-state index contributed by atoms with van der Waals surface area (Å²) in [5.41, 5.74) is 0. The molecule has 0 aromatic heterocycles. The molecule has 0 aromatic carbocycles. The topological polar surface area (TPSA) is 26.3 Å². The number of Topliss-reactive ketones (excluding diaryl/α,β-unsaturated/α-hetero) is 1. The van der Waals surface area contributed by atoms with E-state index in [0.29, 0.717) is 11.9 Å². The molecule has 1 fully saturated rings. The first-order valence-corrected chi connectivity index (χ1v) is 4.51. The lowest BCUT2D eigenvalue weighted by molar-refractivity contribution is -0.122. The number of ether oxygens (including phenoxy) is 1. The average molecular weight is 168 g/mol. The highest BCUT2D eigenvalue weighted by Gasteiger charge is 2.23. The van der Waals surface area contributed by atoms with Crippen LogP contribution in [0.5, 0.6) is 0 Å². The molecule has 0 atom stereocenters. The third-order valence-corrected chi connectivity index (χ3v) is 2.54. The van der Waals surface area contributed by atoms with Gasteiger partial charge in [-0.05, 0) is 32.6 Å². The average Bonchev–Trinajstić information content (AvgIpc) is 2.06. The van der Waals surface area contributed by atoms with Crippen molar-refractivity contribution in [2.75, 3.05) is 0 Å². The minimum atomic E-state index is 0.287. The molecule has 0 unspecified atom stereocenters. The Bertz CT molecular complexity index is 167. The van der Waals surface area contributed by atoms with Crippen molar-refractivity contribution in [1.29, 1.82) is 0 Å². The van der Waals surface area contributed by atoms with Gasteiger partial charge in [0.25, 0.3) is 0 Å². The Morgan fingerprint density at radius 2 is 2.00 bits per heavy atom. The molecule has 0 saturated heterocycles. The quantitative estimate of drug-likeness (QED) is 0.604. The molecule has 0 amide bonds. The molecule has 68 valence electrons. The van der Waals surface area contributed by atoms with Gasteiger partial charge < -0.3 is 4.74 Å². The zero-order chi connectivity index (χ0) is 8.97. The Morgan fingerprint density at radius 1 is 1.42 bits per heavy atom. The van der Waals surface area contributed by atoms with E-state index in [1.54, 1.807) is 6.92 Å². The fourth-order valence-corrected chi connectivity index (χ4v) is 1.74. The van der Waals surface area contributed by atoms with Crippen molar-refractivity contribution in [3.8, 4) is 0 Å². The van der Waals surface area contributed by atoms with Crippen LogP contribution < -0.4 is 0 Å². The summed E-state index contributed by atoms with van der Waals surface area (Å²) in [6.45, 7) is 5.20. The second-order valence-corrected chi connectivity index (χ2v) is 3.39. The van der Waals surface area contributed by atoms with Gasteiger partial charge in [-0.15, -0.1) is 0 Å². The Kier molecular flexibility index (Phi) is 3.32. The van der Waals surface area contributed by atoms with Gasteiger partial charge in [-0.3, -0.25) is 4.79 Å². The van der Waals surface area contributed by atoms with Crippen molar-refractivity contribution in [2.24, 2.45) is 5.92 Å². The van der Waals surface area contributed by atoms with E-state index in [9.17, 15) is 4.79 Å². The fourth-order valence-electron chi connectivity index (χ4n) is 1.74. The first kappa shape index (κ1) is 9.30. The van der Waals surface area contributed by atoms with E-state index in [1.807, 2.05) is 0 Å². The summed E-state index contributed by atoms with van der Waals surface area (Å²) in [5.74, 6) is 0.613. The molecular weight excluding hydrogens is 152 g/mol. The first-order valence-electron chi connectivity index (χ1n) is 4.51. The molecule has 0 aromatic rings. The highest BCUT2D eigenvalue weighted by molar-refractivity contribution is 5.78. The molecular formula is C10H16O2. The molecule has 1 aliphatic rings. The van der Waals surface area contributed by atoms with Gasteiger partial charge in [0.05, 0.1) is 12.4 Å². The Morgan fingerprint density at radius 3 is 2.42 bits per heavy atom. The summed E-state index contributed by atoms with van der Waals surface area (Å²) in [5, 5.41) is 0. The second kappa shape index (κ2) is 4.29. The van der Waals surface area contributed by atoms with Crippen molar-refractivity contribution in [2.45, 2.75) is 38.7 Å². The lowest BCUT2D eigenvalue weighted by atomic mass is 9.85. The van der Waals surface area contributed by atoms with Gasteiger partial charge in [-0.25, -0.2) is 0 Å². The molecule has 1 saturated carbocycles. The predicted octanol–water partition coefficient (Wildman–Crippen LogP) is 2.29. The van der Waals surface area contributed by atoms with Crippen molar-refractivity contribution in [1.82, 2.24) is 0 Å². The van der Waals surface area contributed by atoms with Gasteiger partial charge in [-0.2, -0.15) is 0 Å².